The predicted molar refractivity (Wildman–Crippen MR) is 161 cm³/mol. The number of nitrogens with zero attached hydrogens (tertiary/aromatic N) is 6. The van der Waals surface area contributed by atoms with Gasteiger partial charge in [-0.25, -0.2) is 18.7 Å². The fraction of sp³-hybridized carbons (Fsp3) is 0.355. The van der Waals surface area contributed by atoms with E-state index in [1.54, 1.807) is 29.0 Å². The largest absolute Gasteiger partial charge is 0.480 e. The molecular formula is C31H32FN7O6. The lowest BCUT2D eigenvalue weighted by Crippen LogP contribution is -2.46. The van der Waals surface area contributed by atoms with Crippen LogP contribution in [-0.4, -0.2) is 84.7 Å². The molecule has 45 heavy (non-hydrogen) atoms. The van der Waals surface area contributed by atoms with Crippen molar-refractivity contribution in [2.24, 2.45) is 0 Å². The van der Waals surface area contributed by atoms with Gasteiger partial charge in [-0.3, -0.25) is 14.5 Å². The van der Waals surface area contributed by atoms with E-state index in [0.717, 1.165) is 24.5 Å². The molecule has 1 saturated carbocycles. The van der Waals surface area contributed by atoms with E-state index in [1.165, 1.54) is 10.9 Å². The van der Waals surface area contributed by atoms with Gasteiger partial charge >= 0.3 is 11.9 Å². The molecule has 0 bridgehead atoms. The third-order valence-corrected chi connectivity index (χ3v) is 8.18. The van der Waals surface area contributed by atoms with Crippen LogP contribution in [0, 0.1) is 5.82 Å². The van der Waals surface area contributed by atoms with Crippen LogP contribution in [-0.2, 0) is 29.1 Å². The van der Waals surface area contributed by atoms with Crippen LogP contribution < -0.4 is 15.6 Å². The lowest BCUT2D eigenvalue weighted by atomic mass is 10.1. The third kappa shape index (κ3) is 6.70. The van der Waals surface area contributed by atoms with Gasteiger partial charge in [-0.2, -0.15) is 0 Å². The van der Waals surface area contributed by atoms with Crippen molar-refractivity contribution in [2.75, 3.05) is 31.1 Å². The lowest BCUT2D eigenvalue weighted by molar-refractivity contribution is -0.141. The van der Waals surface area contributed by atoms with Crippen LogP contribution in [0.2, 0.25) is 0 Å². The molecule has 1 aliphatic carbocycles. The second kappa shape index (κ2) is 12.5. The van der Waals surface area contributed by atoms with Crippen molar-refractivity contribution in [3.8, 4) is 0 Å². The number of amides is 1. The summed E-state index contributed by atoms with van der Waals surface area (Å²) in [6, 6.07) is 10.9. The molecule has 1 aliphatic heterocycles. The Kier molecular flexibility index (Phi) is 8.30. The number of benzene rings is 2. The summed E-state index contributed by atoms with van der Waals surface area (Å²) in [6.45, 7) is 2.49. The molecule has 0 unspecified atom stereocenters. The summed E-state index contributed by atoms with van der Waals surface area (Å²) in [7, 11) is 0. The molecule has 2 fully saturated rings. The van der Waals surface area contributed by atoms with E-state index >= 15 is 4.39 Å². The topological polar surface area (TPSA) is 163 Å². The first-order valence-corrected chi connectivity index (χ1v) is 14.7. The zero-order chi connectivity index (χ0) is 31.7. The number of rotatable bonds is 11. The van der Waals surface area contributed by atoms with E-state index in [4.69, 9.17) is 0 Å². The van der Waals surface area contributed by atoms with E-state index in [2.05, 4.69) is 20.5 Å². The van der Waals surface area contributed by atoms with Crippen LogP contribution in [0.25, 0.3) is 10.9 Å². The number of carbonyl (C=O) groups is 3. The maximum Gasteiger partial charge on any atom is 0.341 e. The number of carboxylic acids is 2. The molecule has 3 N–H and O–H groups in total. The monoisotopic (exact) mass is 617 g/mol. The van der Waals surface area contributed by atoms with Crippen LogP contribution in [0.3, 0.4) is 0 Å². The molecule has 1 saturated heterocycles. The van der Waals surface area contributed by atoms with Gasteiger partial charge in [0.2, 0.25) is 11.3 Å². The number of carboxylic acid groups (broad SMARTS) is 2. The molecule has 1 atom stereocenters. The van der Waals surface area contributed by atoms with Crippen LogP contribution in [0.5, 0.6) is 0 Å². The van der Waals surface area contributed by atoms with Gasteiger partial charge in [-0.05, 0) is 30.5 Å². The Balaban J connectivity index is 1.06. The first kappa shape index (κ1) is 29.9. The van der Waals surface area contributed by atoms with E-state index < -0.39 is 35.1 Å². The summed E-state index contributed by atoms with van der Waals surface area (Å²) in [5, 5.41) is 29.8. The molecule has 3 heterocycles. The Labute approximate surface area is 256 Å². The Morgan fingerprint density at radius 3 is 2.42 bits per heavy atom. The van der Waals surface area contributed by atoms with Crippen molar-refractivity contribution in [3.05, 3.63) is 87.7 Å². The number of hydrogen-bond donors (Lipinski definition) is 3. The fourth-order valence-corrected chi connectivity index (χ4v) is 5.71. The van der Waals surface area contributed by atoms with E-state index in [-0.39, 0.29) is 30.0 Å². The van der Waals surface area contributed by atoms with Crippen LogP contribution in [0.4, 0.5) is 10.1 Å². The summed E-state index contributed by atoms with van der Waals surface area (Å²) >= 11 is 0. The van der Waals surface area contributed by atoms with Crippen molar-refractivity contribution in [2.45, 2.75) is 44.4 Å². The first-order valence-electron chi connectivity index (χ1n) is 14.7. The molecule has 2 aromatic heterocycles. The number of hydrogen-bond acceptors (Lipinski definition) is 8. The smallest absolute Gasteiger partial charge is 0.341 e. The van der Waals surface area contributed by atoms with Gasteiger partial charge in [-0.1, -0.05) is 35.5 Å². The number of pyridine rings is 1. The number of nitrogens with one attached hydrogen (secondary N) is 1. The van der Waals surface area contributed by atoms with Gasteiger partial charge in [-0.15, -0.1) is 5.10 Å². The molecule has 0 spiro atoms. The second-order valence-electron chi connectivity index (χ2n) is 11.5. The molecule has 4 aromatic rings. The fourth-order valence-electron chi connectivity index (χ4n) is 5.71. The van der Waals surface area contributed by atoms with Crippen molar-refractivity contribution >= 4 is 34.4 Å². The molecule has 2 aliphatic rings. The van der Waals surface area contributed by atoms with Gasteiger partial charge in [0.15, 0.2) is 0 Å². The summed E-state index contributed by atoms with van der Waals surface area (Å²) in [5.41, 5.74) is 1.27. The number of aliphatic carboxylic acids is 1. The standard InChI is InChI=1S/C31H32FN7O6/c32-24-13-22-26(39(21-6-7-21)17-23(29(22)41)30(42)43)14-27(24)37-10-8-36(9-11-37)15-20-16-38(35-34-20)18-28(40)33-25(31(44)45)12-19-4-2-1-3-5-19/h1-5,13-14,16-17,21,25H,6-12,15,18H2,(H,33,40)(H,42,43)(H,44,45)/t25-/m0/s1. The average Bonchev–Trinajstić information content (AvgIpc) is 3.77. The quantitative estimate of drug-likeness (QED) is 0.227. The average molecular weight is 618 g/mol. The van der Waals surface area contributed by atoms with E-state index in [1.807, 2.05) is 23.1 Å². The van der Waals surface area contributed by atoms with Gasteiger partial charge in [0.1, 0.15) is 24.0 Å². The minimum atomic E-state index is -1.33. The number of aromatic carboxylic acids is 1. The maximum absolute atomic E-state index is 15.3. The highest BCUT2D eigenvalue weighted by Crippen LogP contribution is 2.38. The third-order valence-electron chi connectivity index (χ3n) is 8.18. The van der Waals surface area contributed by atoms with E-state index in [9.17, 15) is 29.4 Å². The number of anilines is 1. The highest BCUT2D eigenvalue weighted by Gasteiger charge is 2.29. The zero-order valence-corrected chi connectivity index (χ0v) is 24.3. The minimum absolute atomic E-state index is 0.0631. The number of fused-ring (bicyclic) bond motifs is 1. The summed E-state index contributed by atoms with van der Waals surface area (Å²) < 4.78 is 18.5. The van der Waals surface area contributed by atoms with Crippen LogP contribution >= 0.6 is 0 Å². The van der Waals surface area contributed by atoms with Crippen LogP contribution in [0.1, 0.15) is 40.5 Å². The zero-order valence-electron chi connectivity index (χ0n) is 24.3. The predicted octanol–water partition coefficient (Wildman–Crippen LogP) is 1.90. The Bertz CT molecular complexity index is 1810. The SMILES string of the molecule is O=C(Cn1cc(CN2CCN(c3cc4c(cc3F)c(=O)c(C(=O)O)cn4C3CC3)CC2)nn1)N[C@@H](Cc1ccccc1)C(=O)O. The summed E-state index contributed by atoms with van der Waals surface area (Å²) in [4.78, 5) is 52.7. The molecule has 14 heteroatoms. The van der Waals surface area contributed by atoms with Crippen LogP contribution in [0.15, 0.2) is 59.7 Å². The van der Waals surface area contributed by atoms with Crippen molar-refractivity contribution < 1.29 is 29.0 Å². The van der Waals surface area contributed by atoms with Crippen molar-refractivity contribution in [1.29, 1.82) is 0 Å². The molecular weight excluding hydrogens is 585 g/mol. The van der Waals surface area contributed by atoms with E-state index in [0.29, 0.717) is 49.6 Å². The lowest BCUT2D eigenvalue weighted by Gasteiger charge is -2.36. The number of piperazine rings is 1. The first-order chi connectivity index (χ1) is 21.7. The maximum atomic E-state index is 15.3. The molecule has 0 radical (unpaired) electrons. The number of halogens is 1. The van der Waals surface area contributed by atoms with Crippen molar-refractivity contribution in [3.63, 3.8) is 0 Å². The Hall–Kier alpha value is -5.11. The highest BCUT2D eigenvalue weighted by atomic mass is 19.1. The summed E-state index contributed by atoms with van der Waals surface area (Å²) in [6.07, 6.45) is 4.91. The van der Waals surface area contributed by atoms with Crippen molar-refractivity contribution in [1.82, 2.24) is 29.8 Å². The van der Waals surface area contributed by atoms with Gasteiger partial charge in [0, 0.05) is 56.8 Å². The number of carbonyl (C=O) groups excluding carboxylic acids is 1. The molecule has 234 valence electrons. The van der Waals surface area contributed by atoms with Gasteiger partial charge < -0.3 is 25.0 Å². The second-order valence-corrected chi connectivity index (χ2v) is 11.5. The molecule has 1 amide bonds. The molecule has 6 rings (SSSR count). The Morgan fingerprint density at radius 1 is 1.02 bits per heavy atom. The summed E-state index contributed by atoms with van der Waals surface area (Å²) in [5.74, 6) is -3.52. The molecule has 13 nitrogen and oxygen atoms in total. The number of aromatic nitrogens is 4. The van der Waals surface area contributed by atoms with Gasteiger partial charge in [0.05, 0.1) is 23.1 Å². The highest BCUT2D eigenvalue weighted by molar-refractivity contribution is 5.93. The normalized spacial score (nSPS) is 16.1. The minimum Gasteiger partial charge on any atom is -0.480 e. The van der Waals surface area contributed by atoms with Gasteiger partial charge in [0.25, 0.3) is 0 Å². The Morgan fingerprint density at radius 2 is 1.76 bits per heavy atom. The molecule has 2 aromatic carbocycles.